The Morgan fingerprint density at radius 3 is 2.44 bits per heavy atom. The summed E-state index contributed by atoms with van der Waals surface area (Å²) in [4.78, 5) is 10.9. The van der Waals surface area contributed by atoms with Crippen LogP contribution in [0, 0.1) is 5.41 Å². The molecule has 3 rings (SSSR count). The van der Waals surface area contributed by atoms with Crippen LogP contribution in [0.25, 0.3) is 11.1 Å². The van der Waals surface area contributed by atoms with Gasteiger partial charge in [0.2, 0.25) is 0 Å². The third kappa shape index (κ3) is 8.36. The molecule has 0 aliphatic rings. The average Bonchev–Trinajstić information content (AvgIpc) is 2.81. The second-order valence-electron chi connectivity index (χ2n) is 9.82. The van der Waals surface area contributed by atoms with Gasteiger partial charge in [-0.15, -0.1) is 0 Å². The maximum absolute atomic E-state index is 12.8. The number of rotatable bonds is 13. The van der Waals surface area contributed by atoms with E-state index in [0.717, 1.165) is 47.1 Å². The molecule has 0 aliphatic carbocycles. The molecule has 0 amide bonds. The van der Waals surface area contributed by atoms with Gasteiger partial charge in [-0.25, -0.2) is 0 Å². The highest BCUT2D eigenvalue weighted by Gasteiger charge is 2.20. The molecule has 0 radical (unpaired) electrons. The van der Waals surface area contributed by atoms with Gasteiger partial charge in [0.25, 0.3) is 0 Å². The van der Waals surface area contributed by atoms with Gasteiger partial charge in [0.05, 0.1) is 0 Å². The molecular formula is C30H34F2O4. The van der Waals surface area contributed by atoms with Crippen molar-refractivity contribution < 1.29 is 28.2 Å². The average molecular weight is 497 g/mol. The molecule has 0 saturated heterocycles. The van der Waals surface area contributed by atoms with Gasteiger partial charge in [-0.05, 0) is 76.8 Å². The predicted octanol–water partition coefficient (Wildman–Crippen LogP) is 7.92. The summed E-state index contributed by atoms with van der Waals surface area (Å²) in [6.07, 6.45) is 3.48. The minimum absolute atomic E-state index is 0.0680. The zero-order valence-electron chi connectivity index (χ0n) is 21.1. The predicted molar refractivity (Wildman–Crippen MR) is 138 cm³/mol. The molecule has 0 unspecified atom stereocenters. The van der Waals surface area contributed by atoms with Crippen molar-refractivity contribution in [2.24, 2.45) is 5.41 Å². The number of aryl methyl sites for hydroxylation is 1. The summed E-state index contributed by atoms with van der Waals surface area (Å²) >= 11 is 0. The SMILES string of the molecule is CCCC(C)(C)Cc1cc(COc2cccc(CCC(=O)O)c2)ccc1-c1cccc(OC(F)F)c1. The van der Waals surface area contributed by atoms with Crippen molar-refractivity contribution in [3.8, 4) is 22.6 Å². The van der Waals surface area contributed by atoms with Crippen molar-refractivity contribution in [2.45, 2.75) is 66.1 Å². The Morgan fingerprint density at radius 2 is 1.72 bits per heavy atom. The van der Waals surface area contributed by atoms with Gasteiger partial charge < -0.3 is 14.6 Å². The van der Waals surface area contributed by atoms with Gasteiger partial charge >= 0.3 is 12.6 Å². The molecule has 4 nitrogen and oxygen atoms in total. The topological polar surface area (TPSA) is 55.8 Å². The lowest BCUT2D eigenvalue weighted by Crippen LogP contribution is -2.15. The van der Waals surface area contributed by atoms with Crippen LogP contribution in [0.2, 0.25) is 0 Å². The highest BCUT2D eigenvalue weighted by atomic mass is 19.3. The van der Waals surface area contributed by atoms with E-state index in [4.69, 9.17) is 9.84 Å². The monoisotopic (exact) mass is 496 g/mol. The van der Waals surface area contributed by atoms with Gasteiger partial charge in [-0.1, -0.05) is 69.7 Å². The van der Waals surface area contributed by atoms with E-state index < -0.39 is 12.6 Å². The van der Waals surface area contributed by atoms with Crippen molar-refractivity contribution in [3.05, 3.63) is 83.4 Å². The number of aliphatic carboxylic acids is 1. The number of carboxylic acid groups (broad SMARTS) is 1. The Morgan fingerprint density at radius 1 is 0.972 bits per heavy atom. The summed E-state index contributed by atoms with van der Waals surface area (Å²) < 4.78 is 36.2. The first-order valence-corrected chi connectivity index (χ1v) is 12.3. The molecular weight excluding hydrogens is 462 g/mol. The third-order valence-electron chi connectivity index (χ3n) is 6.07. The quantitative estimate of drug-likeness (QED) is 0.261. The van der Waals surface area contributed by atoms with Crippen LogP contribution in [0.4, 0.5) is 8.78 Å². The van der Waals surface area contributed by atoms with Crippen molar-refractivity contribution in [2.75, 3.05) is 0 Å². The molecule has 0 atom stereocenters. The Kier molecular flexibility index (Phi) is 9.45. The van der Waals surface area contributed by atoms with Crippen LogP contribution in [0.3, 0.4) is 0 Å². The van der Waals surface area contributed by atoms with E-state index in [9.17, 15) is 13.6 Å². The molecule has 0 bridgehead atoms. The smallest absolute Gasteiger partial charge is 0.387 e. The molecule has 6 heteroatoms. The molecule has 3 aromatic carbocycles. The Balaban J connectivity index is 1.85. The number of hydrogen-bond acceptors (Lipinski definition) is 3. The summed E-state index contributed by atoms with van der Waals surface area (Å²) in [6, 6.07) is 20.4. The van der Waals surface area contributed by atoms with Crippen molar-refractivity contribution in [1.29, 1.82) is 0 Å². The molecule has 0 aromatic heterocycles. The normalized spacial score (nSPS) is 11.5. The van der Waals surface area contributed by atoms with Crippen LogP contribution in [-0.4, -0.2) is 17.7 Å². The van der Waals surface area contributed by atoms with E-state index in [0.29, 0.717) is 18.8 Å². The Hall–Kier alpha value is -3.41. The molecule has 36 heavy (non-hydrogen) atoms. The van der Waals surface area contributed by atoms with Crippen molar-refractivity contribution in [3.63, 3.8) is 0 Å². The molecule has 0 aliphatic heterocycles. The molecule has 0 fully saturated rings. The molecule has 1 N–H and O–H groups in total. The maximum atomic E-state index is 12.8. The largest absolute Gasteiger partial charge is 0.489 e. The summed E-state index contributed by atoms with van der Waals surface area (Å²) in [5.74, 6) is -0.00521. The zero-order valence-corrected chi connectivity index (χ0v) is 21.1. The van der Waals surface area contributed by atoms with E-state index in [1.54, 1.807) is 12.1 Å². The minimum Gasteiger partial charge on any atom is -0.489 e. The summed E-state index contributed by atoms with van der Waals surface area (Å²) in [6.45, 7) is 4.14. The van der Waals surface area contributed by atoms with Crippen LogP contribution in [0.5, 0.6) is 11.5 Å². The first-order valence-electron chi connectivity index (χ1n) is 12.3. The number of halogens is 2. The number of ether oxygens (including phenoxy) is 2. The number of hydrogen-bond donors (Lipinski definition) is 1. The van der Waals surface area contributed by atoms with Gasteiger partial charge in [-0.2, -0.15) is 8.78 Å². The lowest BCUT2D eigenvalue weighted by molar-refractivity contribution is -0.136. The minimum atomic E-state index is -2.87. The lowest BCUT2D eigenvalue weighted by Gasteiger charge is -2.26. The molecule has 3 aromatic rings. The van der Waals surface area contributed by atoms with Crippen LogP contribution < -0.4 is 9.47 Å². The summed E-state index contributed by atoms with van der Waals surface area (Å²) in [5, 5.41) is 8.92. The standard InChI is InChI=1S/C30H34F2O4/c1-4-15-30(2,3)19-24-16-22(20-35-25-9-5-7-21(17-25)12-14-28(33)34)11-13-27(24)23-8-6-10-26(18-23)36-29(31)32/h5-11,13,16-18,29H,4,12,14-15,19-20H2,1-3H3,(H,33,34). The second-order valence-corrected chi connectivity index (χ2v) is 9.82. The maximum Gasteiger partial charge on any atom is 0.387 e. The van der Waals surface area contributed by atoms with E-state index in [1.165, 1.54) is 6.07 Å². The second kappa shape index (κ2) is 12.5. The van der Waals surface area contributed by atoms with Gasteiger partial charge in [0.15, 0.2) is 0 Å². The fourth-order valence-electron chi connectivity index (χ4n) is 4.49. The zero-order chi connectivity index (χ0) is 26.1. The molecule has 0 spiro atoms. The fraction of sp³-hybridized carbons (Fsp3) is 0.367. The van der Waals surface area contributed by atoms with Crippen molar-refractivity contribution in [1.82, 2.24) is 0 Å². The Labute approximate surface area is 211 Å². The Bertz CT molecular complexity index is 1160. The third-order valence-corrected chi connectivity index (χ3v) is 6.07. The van der Waals surface area contributed by atoms with E-state index in [1.807, 2.05) is 42.5 Å². The first kappa shape index (κ1) is 27.2. The highest BCUT2D eigenvalue weighted by molar-refractivity contribution is 5.69. The van der Waals surface area contributed by atoms with E-state index in [2.05, 4.69) is 31.6 Å². The van der Waals surface area contributed by atoms with Crippen LogP contribution >= 0.6 is 0 Å². The van der Waals surface area contributed by atoms with Gasteiger partial charge in [0.1, 0.15) is 18.1 Å². The highest BCUT2D eigenvalue weighted by Crippen LogP contribution is 2.35. The number of carboxylic acids is 1. The fourth-order valence-corrected chi connectivity index (χ4v) is 4.49. The van der Waals surface area contributed by atoms with Crippen molar-refractivity contribution >= 4 is 5.97 Å². The number of alkyl halides is 2. The van der Waals surface area contributed by atoms with Crippen LogP contribution in [0.1, 0.15) is 56.7 Å². The van der Waals surface area contributed by atoms with E-state index in [-0.39, 0.29) is 17.6 Å². The molecule has 0 saturated carbocycles. The lowest BCUT2D eigenvalue weighted by atomic mass is 9.79. The van der Waals surface area contributed by atoms with E-state index >= 15 is 0 Å². The first-order chi connectivity index (χ1) is 17.1. The number of benzene rings is 3. The van der Waals surface area contributed by atoms with Gasteiger partial charge in [-0.3, -0.25) is 4.79 Å². The van der Waals surface area contributed by atoms with Crippen LogP contribution in [0.15, 0.2) is 66.7 Å². The van der Waals surface area contributed by atoms with Crippen LogP contribution in [-0.2, 0) is 24.2 Å². The van der Waals surface area contributed by atoms with Gasteiger partial charge in [0, 0.05) is 6.42 Å². The molecule has 192 valence electrons. The summed E-state index contributed by atoms with van der Waals surface area (Å²) in [5.41, 5.74) is 4.92. The number of carbonyl (C=O) groups is 1. The summed E-state index contributed by atoms with van der Waals surface area (Å²) in [7, 11) is 0. The molecule has 0 heterocycles.